The minimum atomic E-state index is -1.03. The number of carbonyl (C=O) groups excluding carboxylic acids is 1. The normalized spacial score (nSPS) is 17.2. The first-order chi connectivity index (χ1) is 5.79. The lowest BCUT2D eigenvalue weighted by molar-refractivity contribution is -0.123. The molecule has 0 aliphatic heterocycles. The van der Waals surface area contributed by atoms with Gasteiger partial charge in [0.05, 0.1) is 12.1 Å². The number of ketones is 1. The molecule has 1 fully saturated rings. The fourth-order valence-electron chi connectivity index (χ4n) is 1.60. The lowest BCUT2D eigenvalue weighted by Gasteiger charge is -2.06. The molecule has 1 rings (SSSR count). The summed E-state index contributed by atoms with van der Waals surface area (Å²) in [4.78, 5) is 11.4. The minimum Gasteiger partial charge on any atom is -0.297 e. The van der Waals surface area contributed by atoms with E-state index in [4.69, 9.17) is 10.5 Å². The van der Waals surface area contributed by atoms with E-state index in [1.807, 2.05) is 0 Å². The number of carbonyl (C=O) groups is 1. The summed E-state index contributed by atoms with van der Waals surface area (Å²) in [6.45, 7) is 0. The van der Waals surface area contributed by atoms with E-state index < -0.39 is 5.92 Å². The Hall–Kier alpha value is -1.35. The second-order valence-corrected chi connectivity index (χ2v) is 3.07. The number of Topliss-reactive ketones (excluding diaryl/α,β-unsaturated/α-hetero) is 1. The molecule has 0 bridgehead atoms. The molecule has 0 amide bonds. The van der Waals surface area contributed by atoms with Gasteiger partial charge >= 0.3 is 0 Å². The van der Waals surface area contributed by atoms with E-state index in [1.54, 1.807) is 12.1 Å². The summed E-state index contributed by atoms with van der Waals surface area (Å²) in [6.07, 6.45) is 3.83. The molecule has 1 aliphatic rings. The highest BCUT2D eigenvalue weighted by Crippen LogP contribution is 2.27. The van der Waals surface area contributed by atoms with Crippen molar-refractivity contribution in [1.82, 2.24) is 0 Å². The Kier molecular flexibility index (Phi) is 2.82. The summed E-state index contributed by atoms with van der Waals surface area (Å²) in [6, 6.07) is 3.44. The zero-order valence-electron chi connectivity index (χ0n) is 6.79. The van der Waals surface area contributed by atoms with Crippen LogP contribution in [0.1, 0.15) is 25.7 Å². The van der Waals surface area contributed by atoms with Crippen molar-refractivity contribution in [2.45, 2.75) is 25.7 Å². The first-order valence-electron chi connectivity index (χ1n) is 4.12. The predicted molar refractivity (Wildman–Crippen MR) is 41.7 cm³/mol. The van der Waals surface area contributed by atoms with Crippen LogP contribution in [-0.2, 0) is 4.79 Å². The average Bonchev–Trinajstić information content (AvgIpc) is 2.58. The Morgan fingerprint density at radius 1 is 1.25 bits per heavy atom. The number of nitriles is 2. The van der Waals surface area contributed by atoms with E-state index in [2.05, 4.69) is 0 Å². The van der Waals surface area contributed by atoms with Crippen LogP contribution in [0, 0.1) is 34.5 Å². The Morgan fingerprint density at radius 3 is 2.17 bits per heavy atom. The van der Waals surface area contributed by atoms with Gasteiger partial charge in [0.1, 0.15) is 0 Å². The molecule has 0 atom stereocenters. The van der Waals surface area contributed by atoms with E-state index in [0.717, 1.165) is 25.7 Å². The third-order valence-corrected chi connectivity index (χ3v) is 2.30. The molecule has 3 nitrogen and oxygen atoms in total. The molecule has 1 saturated carbocycles. The van der Waals surface area contributed by atoms with Crippen LogP contribution in [0.3, 0.4) is 0 Å². The second-order valence-electron chi connectivity index (χ2n) is 3.07. The molecule has 0 radical (unpaired) electrons. The van der Waals surface area contributed by atoms with Crippen LogP contribution >= 0.6 is 0 Å². The second kappa shape index (κ2) is 3.88. The number of rotatable bonds is 2. The molecule has 12 heavy (non-hydrogen) atoms. The quantitative estimate of drug-likeness (QED) is 0.616. The van der Waals surface area contributed by atoms with Gasteiger partial charge in [0.2, 0.25) is 0 Å². The van der Waals surface area contributed by atoms with Crippen LogP contribution < -0.4 is 0 Å². The number of nitrogens with zero attached hydrogens (tertiary/aromatic N) is 2. The fraction of sp³-hybridized carbons (Fsp3) is 0.667. The topological polar surface area (TPSA) is 64.7 Å². The first-order valence-corrected chi connectivity index (χ1v) is 4.12. The molecule has 0 heterocycles. The van der Waals surface area contributed by atoms with Crippen LogP contribution in [0.5, 0.6) is 0 Å². The fourth-order valence-corrected chi connectivity index (χ4v) is 1.60. The van der Waals surface area contributed by atoms with Gasteiger partial charge in [-0.1, -0.05) is 12.8 Å². The standard InChI is InChI=1S/C9H10N2O/c10-5-8(6-11)9(12)7-3-1-2-4-7/h7-8H,1-4H2. The Balaban J connectivity index is 2.58. The van der Waals surface area contributed by atoms with E-state index in [9.17, 15) is 4.79 Å². The summed E-state index contributed by atoms with van der Waals surface area (Å²) in [7, 11) is 0. The number of hydrogen-bond donors (Lipinski definition) is 0. The molecule has 62 valence electrons. The van der Waals surface area contributed by atoms with Gasteiger partial charge in [-0.2, -0.15) is 10.5 Å². The van der Waals surface area contributed by atoms with Crippen LogP contribution in [0.2, 0.25) is 0 Å². The van der Waals surface area contributed by atoms with E-state index in [1.165, 1.54) is 0 Å². The monoisotopic (exact) mass is 162 g/mol. The van der Waals surface area contributed by atoms with Crippen molar-refractivity contribution in [1.29, 1.82) is 10.5 Å². The Labute approximate surface area is 71.6 Å². The highest BCUT2D eigenvalue weighted by atomic mass is 16.1. The summed E-state index contributed by atoms with van der Waals surface area (Å²) >= 11 is 0. The van der Waals surface area contributed by atoms with Crippen molar-refractivity contribution < 1.29 is 4.79 Å². The smallest absolute Gasteiger partial charge is 0.191 e. The molecule has 0 aromatic carbocycles. The molecular weight excluding hydrogens is 152 g/mol. The van der Waals surface area contributed by atoms with Crippen LogP contribution in [0.15, 0.2) is 0 Å². The SMILES string of the molecule is N#CC(C#N)C(=O)C1CCCC1. The van der Waals surface area contributed by atoms with Gasteiger partial charge in [0.25, 0.3) is 0 Å². The highest BCUT2D eigenvalue weighted by molar-refractivity contribution is 5.88. The largest absolute Gasteiger partial charge is 0.297 e. The zero-order chi connectivity index (χ0) is 8.97. The lowest BCUT2D eigenvalue weighted by Crippen LogP contribution is -2.19. The highest BCUT2D eigenvalue weighted by Gasteiger charge is 2.28. The van der Waals surface area contributed by atoms with Gasteiger partial charge in [-0.3, -0.25) is 4.79 Å². The molecule has 0 aromatic rings. The summed E-state index contributed by atoms with van der Waals surface area (Å²) in [5.41, 5.74) is 0. The summed E-state index contributed by atoms with van der Waals surface area (Å²) < 4.78 is 0. The predicted octanol–water partition coefficient (Wildman–Crippen LogP) is 1.41. The first kappa shape index (κ1) is 8.74. The summed E-state index contributed by atoms with van der Waals surface area (Å²) in [5.74, 6) is -1.22. The number of hydrogen-bond acceptors (Lipinski definition) is 3. The molecule has 0 unspecified atom stereocenters. The van der Waals surface area contributed by atoms with Crippen molar-refractivity contribution >= 4 is 5.78 Å². The molecule has 3 heteroatoms. The van der Waals surface area contributed by atoms with Crippen LogP contribution in [0.25, 0.3) is 0 Å². The van der Waals surface area contributed by atoms with E-state index >= 15 is 0 Å². The van der Waals surface area contributed by atoms with Gasteiger partial charge in [0.15, 0.2) is 11.7 Å². The minimum absolute atomic E-state index is 0.0192. The lowest BCUT2D eigenvalue weighted by atomic mass is 9.93. The van der Waals surface area contributed by atoms with Gasteiger partial charge in [-0.25, -0.2) is 0 Å². The van der Waals surface area contributed by atoms with Gasteiger partial charge in [-0.15, -0.1) is 0 Å². The maximum atomic E-state index is 11.4. The maximum Gasteiger partial charge on any atom is 0.191 e. The average molecular weight is 162 g/mol. The molecule has 0 N–H and O–H groups in total. The van der Waals surface area contributed by atoms with Gasteiger partial charge in [0, 0.05) is 5.92 Å². The Bertz CT molecular complexity index is 239. The van der Waals surface area contributed by atoms with Crippen molar-refractivity contribution in [3.05, 3.63) is 0 Å². The molecular formula is C9H10N2O. The molecule has 0 saturated heterocycles. The van der Waals surface area contributed by atoms with E-state index in [-0.39, 0.29) is 11.7 Å². The molecule has 0 spiro atoms. The van der Waals surface area contributed by atoms with E-state index in [0.29, 0.717) is 0 Å². The van der Waals surface area contributed by atoms with Crippen molar-refractivity contribution in [3.8, 4) is 12.1 Å². The van der Waals surface area contributed by atoms with Crippen molar-refractivity contribution in [3.63, 3.8) is 0 Å². The van der Waals surface area contributed by atoms with Crippen LogP contribution in [0.4, 0.5) is 0 Å². The van der Waals surface area contributed by atoms with Crippen molar-refractivity contribution in [2.75, 3.05) is 0 Å². The van der Waals surface area contributed by atoms with Crippen LogP contribution in [-0.4, -0.2) is 5.78 Å². The van der Waals surface area contributed by atoms with Crippen molar-refractivity contribution in [2.24, 2.45) is 11.8 Å². The zero-order valence-corrected chi connectivity index (χ0v) is 6.79. The van der Waals surface area contributed by atoms with Gasteiger partial charge in [-0.05, 0) is 12.8 Å². The summed E-state index contributed by atoms with van der Waals surface area (Å²) in [5, 5.41) is 16.9. The molecule has 1 aliphatic carbocycles. The van der Waals surface area contributed by atoms with Gasteiger partial charge < -0.3 is 0 Å². The Morgan fingerprint density at radius 2 is 1.75 bits per heavy atom. The maximum absolute atomic E-state index is 11.4. The third-order valence-electron chi connectivity index (χ3n) is 2.30. The third kappa shape index (κ3) is 1.62. The molecule has 0 aromatic heterocycles.